The summed E-state index contributed by atoms with van der Waals surface area (Å²) in [5.41, 5.74) is 6.46. The molecule has 5 heteroatoms. The highest BCUT2D eigenvalue weighted by Gasteiger charge is 2.07. The minimum Gasteiger partial charge on any atom is -0.487 e. The van der Waals surface area contributed by atoms with E-state index in [1.165, 1.54) is 18.2 Å². The largest absolute Gasteiger partial charge is 0.487 e. The molecule has 0 heterocycles. The number of nitrogen functional groups attached to an aromatic ring is 1. The third-order valence-electron chi connectivity index (χ3n) is 2.52. The number of nitrogens with zero attached hydrogens (tertiary/aromatic N) is 1. The first-order chi connectivity index (χ1) is 9.10. The van der Waals surface area contributed by atoms with Crippen molar-refractivity contribution in [3.8, 4) is 11.8 Å². The van der Waals surface area contributed by atoms with Crippen LogP contribution in [0.15, 0.2) is 36.4 Å². The molecule has 0 amide bonds. The van der Waals surface area contributed by atoms with Gasteiger partial charge >= 0.3 is 0 Å². The zero-order valence-electron chi connectivity index (χ0n) is 9.86. The molecule has 0 aliphatic rings. The van der Waals surface area contributed by atoms with Crippen molar-refractivity contribution < 1.29 is 13.5 Å². The zero-order valence-corrected chi connectivity index (χ0v) is 9.86. The standard InChI is InChI=1S/C14H10F2N2O/c15-11-2-1-9(13(16)6-11)8-19-14-4-3-12(18)5-10(14)7-17/h1-6H,8,18H2. The lowest BCUT2D eigenvalue weighted by atomic mass is 10.2. The summed E-state index contributed by atoms with van der Waals surface area (Å²) in [6.07, 6.45) is 0. The maximum Gasteiger partial charge on any atom is 0.137 e. The molecule has 0 aliphatic heterocycles. The van der Waals surface area contributed by atoms with Crippen LogP contribution < -0.4 is 10.5 Å². The van der Waals surface area contributed by atoms with E-state index in [1.807, 2.05) is 6.07 Å². The van der Waals surface area contributed by atoms with Crippen molar-refractivity contribution >= 4 is 5.69 Å². The van der Waals surface area contributed by atoms with E-state index in [-0.39, 0.29) is 17.7 Å². The van der Waals surface area contributed by atoms with E-state index in [9.17, 15) is 8.78 Å². The number of nitriles is 1. The van der Waals surface area contributed by atoms with Crippen molar-refractivity contribution in [1.82, 2.24) is 0 Å². The normalized spacial score (nSPS) is 9.95. The van der Waals surface area contributed by atoms with Crippen LogP contribution >= 0.6 is 0 Å². The van der Waals surface area contributed by atoms with E-state index in [0.29, 0.717) is 11.4 Å². The molecule has 0 radical (unpaired) electrons. The van der Waals surface area contributed by atoms with Gasteiger partial charge in [-0.05, 0) is 30.3 Å². The van der Waals surface area contributed by atoms with Crippen LogP contribution in [0.4, 0.5) is 14.5 Å². The summed E-state index contributed by atoms with van der Waals surface area (Å²) < 4.78 is 31.5. The second kappa shape index (κ2) is 5.36. The van der Waals surface area contributed by atoms with Gasteiger partial charge in [-0.2, -0.15) is 5.26 Å². The minimum absolute atomic E-state index is 0.0925. The molecule has 2 aromatic carbocycles. The van der Waals surface area contributed by atoms with Crippen molar-refractivity contribution in [3.05, 3.63) is 59.2 Å². The van der Waals surface area contributed by atoms with Crippen molar-refractivity contribution in [2.24, 2.45) is 0 Å². The Morgan fingerprint density at radius 2 is 1.95 bits per heavy atom. The van der Waals surface area contributed by atoms with Crippen molar-refractivity contribution in [2.75, 3.05) is 5.73 Å². The Morgan fingerprint density at radius 1 is 1.16 bits per heavy atom. The Morgan fingerprint density at radius 3 is 2.63 bits per heavy atom. The van der Waals surface area contributed by atoms with E-state index >= 15 is 0 Å². The molecule has 2 N–H and O–H groups in total. The Labute approximate surface area is 108 Å². The molecule has 0 aliphatic carbocycles. The van der Waals surface area contributed by atoms with Gasteiger partial charge in [-0.1, -0.05) is 0 Å². The average molecular weight is 260 g/mol. The van der Waals surface area contributed by atoms with Gasteiger partial charge in [0, 0.05) is 17.3 Å². The van der Waals surface area contributed by atoms with Gasteiger partial charge in [0.25, 0.3) is 0 Å². The minimum atomic E-state index is -0.686. The first-order valence-corrected chi connectivity index (χ1v) is 5.46. The monoisotopic (exact) mass is 260 g/mol. The molecular weight excluding hydrogens is 250 g/mol. The van der Waals surface area contributed by atoms with Gasteiger partial charge in [-0.15, -0.1) is 0 Å². The Kier molecular flexibility index (Phi) is 3.62. The average Bonchev–Trinajstić information content (AvgIpc) is 2.39. The predicted octanol–water partition coefficient (Wildman–Crippen LogP) is 3.00. The van der Waals surface area contributed by atoms with Crippen molar-refractivity contribution in [1.29, 1.82) is 5.26 Å². The number of nitrogens with two attached hydrogens (primary N) is 1. The van der Waals surface area contributed by atoms with E-state index in [4.69, 9.17) is 15.7 Å². The maximum atomic E-state index is 13.4. The smallest absolute Gasteiger partial charge is 0.137 e. The van der Waals surface area contributed by atoms with Crippen molar-refractivity contribution in [2.45, 2.75) is 6.61 Å². The van der Waals surface area contributed by atoms with Gasteiger partial charge in [0.05, 0.1) is 5.56 Å². The molecule has 0 unspecified atom stereocenters. The lowest BCUT2D eigenvalue weighted by Crippen LogP contribution is -2.01. The van der Waals surface area contributed by atoms with E-state index in [2.05, 4.69) is 0 Å². The second-order valence-electron chi connectivity index (χ2n) is 3.89. The molecule has 0 spiro atoms. The molecule has 0 fully saturated rings. The van der Waals surface area contributed by atoms with E-state index in [1.54, 1.807) is 6.07 Å². The van der Waals surface area contributed by atoms with E-state index < -0.39 is 11.6 Å². The first kappa shape index (κ1) is 12.8. The fourth-order valence-electron chi connectivity index (χ4n) is 1.56. The highest BCUT2D eigenvalue weighted by atomic mass is 19.1. The second-order valence-corrected chi connectivity index (χ2v) is 3.89. The summed E-state index contributed by atoms with van der Waals surface area (Å²) in [6, 6.07) is 9.76. The molecule has 19 heavy (non-hydrogen) atoms. The molecule has 0 atom stereocenters. The van der Waals surface area contributed by atoms with Crippen LogP contribution in [-0.4, -0.2) is 0 Å². The Hall–Kier alpha value is -2.61. The summed E-state index contributed by atoms with van der Waals surface area (Å²) >= 11 is 0. The van der Waals surface area contributed by atoms with Crippen LogP contribution in [0.1, 0.15) is 11.1 Å². The first-order valence-electron chi connectivity index (χ1n) is 5.46. The Balaban J connectivity index is 2.17. The third-order valence-corrected chi connectivity index (χ3v) is 2.52. The number of halogens is 2. The summed E-state index contributed by atoms with van der Waals surface area (Å²) in [5, 5.41) is 8.92. The number of ether oxygens (including phenoxy) is 1. The van der Waals surface area contributed by atoms with Crippen LogP contribution in [0.5, 0.6) is 5.75 Å². The Bertz CT molecular complexity index is 650. The molecule has 2 rings (SSSR count). The summed E-state index contributed by atoms with van der Waals surface area (Å²) in [6.45, 7) is -0.0925. The highest BCUT2D eigenvalue weighted by Crippen LogP contribution is 2.22. The molecule has 0 bridgehead atoms. The molecule has 0 aromatic heterocycles. The van der Waals surface area contributed by atoms with Gasteiger partial charge in [0.1, 0.15) is 30.1 Å². The predicted molar refractivity (Wildman–Crippen MR) is 66.3 cm³/mol. The fourth-order valence-corrected chi connectivity index (χ4v) is 1.56. The number of hydrogen-bond acceptors (Lipinski definition) is 3. The van der Waals surface area contributed by atoms with Crippen molar-refractivity contribution in [3.63, 3.8) is 0 Å². The summed E-state index contributed by atoms with van der Waals surface area (Å²) in [7, 11) is 0. The lowest BCUT2D eigenvalue weighted by molar-refractivity contribution is 0.298. The van der Waals surface area contributed by atoms with Gasteiger partial charge in [0.15, 0.2) is 0 Å². The summed E-state index contributed by atoms with van der Waals surface area (Å²) in [5.74, 6) is -1.03. The van der Waals surface area contributed by atoms with E-state index in [0.717, 1.165) is 12.1 Å². The number of hydrogen-bond donors (Lipinski definition) is 1. The van der Waals surface area contributed by atoms with Crippen LogP contribution in [-0.2, 0) is 6.61 Å². The quantitative estimate of drug-likeness (QED) is 0.863. The molecule has 0 saturated heterocycles. The highest BCUT2D eigenvalue weighted by molar-refractivity contribution is 5.53. The number of rotatable bonds is 3. The molecule has 96 valence electrons. The molecule has 3 nitrogen and oxygen atoms in total. The topological polar surface area (TPSA) is 59.0 Å². The number of anilines is 1. The molecule has 2 aromatic rings. The molecule has 0 saturated carbocycles. The van der Waals surface area contributed by atoms with Gasteiger partial charge in [0.2, 0.25) is 0 Å². The lowest BCUT2D eigenvalue weighted by Gasteiger charge is -2.09. The maximum absolute atomic E-state index is 13.4. The van der Waals surface area contributed by atoms with Gasteiger partial charge < -0.3 is 10.5 Å². The van der Waals surface area contributed by atoms with Crippen LogP contribution in [0.3, 0.4) is 0 Å². The van der Waals surface area contributed by atoms with Crippen LogP contribution in [0.25, 0.3) is 0 Å². The third kappa shape index (κ3) is 2.99. The van der Waals surface area contributed by atoms with Crippen LogP contribution in [0.2, 0.25) is 0 Å². The van der Waals surface area contributed by atoms with Gasteiger partial charge in [-0.25, -0.2) is 8.78 Å². The molecular formula is C14H10F2N2O. The summed E-state index contributed by atoms with van der Waals surface area (Å²) in [4.78, 5) is 0. The zero-order chi connectivity index (χ0) is 13.8. The fraction of sp³-hybridized carbons (Fsp3) is 0.0714. The number of benzene rings is 2. The SMILES string of the molecule is N#Cc1cc(N)ccc1OCc1ccc(F)cc1F. The van der Waals surface area contributed by atoms with Gasteiger partial charge in [-0.3, -0.25) is 0 Å². The van der Waals surface area contributed by atoms with Crippen LogP contribution in [0, 0.1) is 23.0 Å².